The molecule has 2 aliphatic rings. The number of carbonyl (C=O) groups excluding carboxylic acids is 2. The third-order valence-electron chi connectivity index (χ3n) is 7.23. The number of ketones is 2. The molecule has 0 atom stereocenters. The molecule has 9 heteroatoms. The first-order valence-corrected chi connectivity index (χ1v) is 14.0. The predicted octanol–water partition coefficient (Wildman–Crippen LogP) is 3.66. The van der Waals surface area contributed by atoms with Gasteiger partial charge in [0.1, 0.15) is 5.41 Å². The molecule has 0 N–H and O–H groups in total. The van der Waals surface area contributed by atoms with Crippen LogP contribution in [0.3, 0.4) is 0 Å². The summed E-state index contributed by atoms with van der Waals surface area (Å²) >= 11 is 0. The van der Waals surface area contributed by atoms with Crippen molar-refractivity contribution >= 4 is 27.7 Å². The summed E-state index contributed by atoms with van der Waals surface area (Å²) in [7, 11) is -5.17. The topological polar surface area (TPSA) is 121 Å². The molecule has 3 aromatic carbocycles. The number of hydrogen-bond donors (Lipinski definition) is 0. The molecular weight excluding hydrogens is 504 g/mol. The minimum atomic E-state index is -5.17. The van der Waals surface area contributed by atoms with Crippen LogP contribution in [0.25, 0.3) is 0 Å². The largest absolute Gasteiger partial charge is 0.759 e. The number of fused-ring (bicyclic) bond motifs is 1. The van der Waals surface area contributed by atoms with Crippen LogP contribution in [-0.2, 0) is 15.8 Å². The van der Waals surface area contributed by atoms with E-state index in [4.69, 9.17) is 17.5 Å². The highest BCUT2D eigenvalue weighted by molar-refractivity contribution is 7.79. The minimum absolute atomic E-state index is 0.0363. The van der Waals surface area contributed by atoms with Crippen molar-refractivity contribution in [1.82, 2.24) is 4.90 Å². The highest BCUT2D eigenvalue weighted by Gasteiger charge is 2.53. The molecule has 1 saturated heterocycles. The second-order valence-corrected chi connectivity index (χ2v) is 10.3. The number of Topliss-reactive ketones (excluding diaryl/α,β-unsaturated/α-hetero) is 2. The summed E-state index contributed by atoms with van der Waals surface area (Å²) < 4.78 is 34.1. The number of hydrogen-bond acceptors (Lipinski definition) is 8. The van der Waals surface area contributed by atoms with Crippen LogP contribution in [0.4, 0.5) is 5.69 Å². The lowest BCUT2D eigenvalue weighted by Gasteiger charge is -2.36. The molecule has 0 aromatic heterocycles. The zero-order valence-corrected chi connectivity index (χ0v) is 21.8. The summed E-state index contributed by atoms with van der Waals surface area (Å²) in [5.74, 6) is -0.0726. The van der Waals surface area contributed by atoms with Crippen molar-refractivity contribution in [2.24, 2.45) is 0 Å². The first-order chi connectivity index (χ1) is 18.2. The van der Waals surface area contributed by atoms with Gasteiger partial charge in [0.25, 0.3) is 0 Å². The summed E-state index contributed by atoms with van der Waals surface area (Å²) in [6.07, 6.45) is 2.39. The lowest BCUT2D eigenvalue weighted by atomic mass is 9.72. The van der Waals surface area contributed by atoms with Crippen molar-refractivity contribution < 1.29 is 27.1 Å². The molecule has 1 aliphatic carbocycles. The molecule has 38 heavy (non-hydrogen) atoms. The van der Waals surface area contributed by atoms with Gasteiger partial charge < -0.3 is 14.0 Å². The molecule has 200 valence electrons. The van der Waals surface area contributed by atoms with E-state index in [1.807, 2.05) is 42.5 Å². The summed E-state index contributed by atoms with van der Waals surface area (Å²) in [4.78, 5) is 32.1. The maximum atomic E-state index is 13.6. The van der Waals surface area contributed by atoms with E-state index in [1.165, 1.54) is 5.69 Å². The van der Waals surface area contributed by atoms with E-state index in [1.54, 1.807) is 12.1 Å². The lowest BCUT2D eigenvalue weighted by Crippen LogP contribution is -2.46. The van der Waals surface area contributed by atoms with Crippen LogP contribution >= 0.6 is 0 Å². The maximum Gasteiger partial charge on any atom is 0.181 e. The Morgan fingerprint density at radius 2 is 1.16 bits per heavy atom. The fraction of sp³-hybridized carbons (Fsp3) is 0.310. The number of benzene rings is 3. The highest BCUT2D eigenvalue weighted by atomic mass is 32.3. The second-order valence-electron chi connectivity index (χ2n) is 9.50. The van der Waals surface area contributed by atoms with E-state index in [2.05, 4.69) is 40.1 Å². The highest BCUT2D eigenvalue weighted by Crippen LogP contribution is 2.43. The molecule has 1 heterocycles. The molecule has 0 amide bonds. The number of anilines is 1. The molecule has 5 rings (SSSR count). The van der Waals surface area contributed by atoms with E-state index in [0.29, 0.717) is 17.5 Å². The van der Waals surface area contributed by atoms with Crippen molar-refractivity contribution in [3.8, 4) is 0 Å². The average Bonchev–Trinajstić information content (AvgIpc) is 3.14. The molecule has 0 saturated carbocycles. The van der Waals surface area contributed by atoms with Gasteiger partial charge in [0.05, 0.1) is 0 Å². The Labute approximate surface area is 223 Å². The van der Waals surface area contributed by atoms with Crippen molar-refractivity contribution in [2.75, 3.05) is 37.6 Å². The van der Waals surface area contributed by atoms with Crippen LogP contribution in [0.15, 0.2) is 84.9 Å². The number of rotatable bonds is 7. The van der Waals surface area contributed by atoms with Gasteiger partial charge in [0.15, 0.2) is 11.6 Å². The number of para-hydroxylation sites is 1. The Morgan fingerprint density at radius 3 is 1.68 bits per heavy atom. The van der Waals surface area contributed by atoms with Crippen LogP contribution in [-0.4, -0.2) is 66.7 Å². The number of nitrogens with zero attached hydrogens (tertiary/aromatic N) is 2. The van der Waals surface area contributed by atoms with Crippen LogP contribution in [0, 0.1) is 0 Å². The van der Waals surface area contributed by atoms with Crippen molar-refractivity contribution in [3.05, 3.63) is 102 Å². The molecule has 8 nitrogen and oxygen atoms in total. The summed E-state index contributed by atoms with van der Waals surface area (Å²) in [5.41, 5.74) is 2.19. The van der Waals surface area contributed by atoms with Crippen LogP contribution in [0.1, 0.15) is 45.5 Å². The van der Waals surface area contributed by atoms with Crippen LogP contribution < -0.4 is 4.90 Å². The molecule has 0 unspecified atom stereocenters. The van der Waals surface area contributed by atoms with Gasteiger partial charge >= 0.3 is 0 Å². The van der Waals surface area contributed by atoms with Crippen LogP contribution in [0.5, 0.6) is 0 Å². The smallest absolute Gasteiger partial charge is 0.181 e. The normalized spacial score (nSPS) is 17.1. The van der Waals surface area contributed by atoms with E-state index in [9.17, 15) is 9.59 Å². The van der Waals surface area contributed by atoms with Gasteiger partial charge in [-0.2, -0.15) is 0 Å². The first-order valence-electron chi connectivity index (χ1n) is 12.6. The van der Waals surface area contributed by atoms with Crippen molar-refractivity contribution in [3.63, 3.8) is 0 Å². The van der Waals surface area contributed by atoms with Gasteiger partial charge in [-0.05, 0) is 37.1 Å². The second kappa shape index (κ2) is 12.0. The molecule has 0 bridgehead atoms. The molecule has 1 fully saturated rings. The number of piperazine rings is 1. The molecule has 0 spiro atoms. The third-order valence-corrected chi connectivity index (χ3v) is 7.23. The minimum Gasteiger partial charge on any atom is -0.759 e. The lowest BCUT2D eigenvalue weighted by molar-refractivity contribution is 0.0779. The summed E-state index contributed by atoms with van der Waals surface area (Å²) in [6, 6.07) is 27.5. The van der Waals surface area contributed by atoms with Gasteiger partial charge in [-0.25, -0.2) is 0 Å². The Balaban J connectivity index is 0.000000617. The van der Waals surface area contributed by atoms with E-state index in [0.717, 1.165) is 51.1 Å². The Hall–Kier alpha value is -3.37. The standard InChI is InChI=1S/C29H30N2O2.H2O4S/c32-27-25-15-7-8-16-26(25)28(33)29(27,23-11-3-1-4-12-23)17-9-10-18-30-19-21-31(22-20-30)24-13-5-2-6-14-24;1-5(2,3)4/h1-8,11-16H,9-10,17-22H2;(H2,1,2,3,4)/p-2. The zero-order valence-electron chi connectivity index (χ0n) is 21.0. The average molecular weight is 535 g/mol. The number of unbranched alkanes of at least 4 members (excludes halogenated alkanes) is 1. The molecule has 1 aliphatic heterocycles. The SMILES string of the molecule is O=C1c2ccccc2C(=O)C1(CCCCN1CCN(c2ccccc2)CC1)c1ccccc1.O=S(=O)([O-])[O-]. The van der Waals surface area contributed by atoms with Gasteiger partial charge in [-0.1, -0.05) is 79.2 Å². The van der Waals surface area contributed by atoms with Gasteiger partial charge in [-0.3, -0.25) is 22.9 Å². The van der Waals surface area contributed by atoms with E-state index < -0.39 is 15.8 Å². The van der Waals surface area contributed by atoms with Crippen LogP contribution in [0.2, 0.25) is 0 Å². The zero-order chi connectivity index (χ0) is 27.2. The fourth-order valence-electron chi connectivity index (χ4n) is 5.39. The third kappa shape index (κ3) is 6.36. The van der Waals surface area contributed by atoms with Gasteiger partial charge in [-0.15, -0.1) is 0 Å². The fourth-order valence-corrected chi connectivity index (χ4v) is 5.39. The monoisotopic (exact) mass is 534 g/mol. The summed E-state index contributed by atoms with van der Waals surface area (Å²) in [6.45, 7) is 5.15. The summed E-state index contributed by atoms with van der Waals surface area (Å²) in [5, 5.41) is 0. The Morgan fingerprint density at radius 1 is 0.684 bits per heavy atom. The van der Waals surface area contributed by atoms with Gasteiger partial charge in [0, 0.05) is 53.4 Å². The predicted molar refractivity (Wildman–Crippen MR) is 143 cm³/mol. The first kappa shape index (κ1) is 27.7. The number of carbonyl (C=O) groups is 2. The molecule has 3 aromatic rings. The Bertz CT molecular complexity index is 1310. The van der Waals surface area contributed by atoms with Crippen molar-refractivity contribution in [1.29, 1.82) is 0 Å². The quantitative estimate of drug-likeness (QED) is 0.195. The van der Waals surface area contributed by atoms with E-state index >= 15 is 0 Å². The molecule has 0 radical (unpaired) electrons. The maximum absolute atomic E-state index is 13.6. The Kier molecular flexibility index (Phi) is 8.73. The van der Waals surface area contributed by atoms with Crippen molar-refractivity contribution in [2.45, 2.75) is 24.7 Å². The molecular formula is C29H30N2O6S-2. The van der Waals surface area contributed by atoms with Gasteiger partial charge in [0.2, 0.25) is 0 Å². The van der Waals surface area contributed by atoms with E-state index in [-0.39, 0.29) is 11.6 Å².